The Bertz CT molecular complexity index is 246. The molecule has 0 nitrogen and oxygen atoms in total. The molecule has 64 valence electrons. The molecule has 0 heterocycles. The van der Waals surface area contributed by atoms with E-state index >= 15 is 0 Å². The van der Waals surface area contributed by atoms with Crippen molar-refractivity contribution >= 4 is 11.8 Å². The highest BCUT2D eigenvalue weighted by atomic mass is 32.2. The molecule has 0 atom stereocenters. The van der Waals surface area contributed by atoms with E-state index in [0.717, 1.165) is 5.75 Å². The third-order valence-corrected chi connectivity index (χ3v) is 2.57. The molecule has 0 amide bonds. The summed E-state index contributed by atoms with van der Waals surface area (Å²) in [6.45, 7) is 4.16. The van der Waals surface area contributed by atoms with Gasteiger partial charge in [0.25, 0.3) is 0 Å². The first kappa shape index (κ1) is 9.40. The van der Waals surface area contributed by atoms with Gasteiger partial charge in [-0.05, 0) is 26.0 Å². The minimum Gasteiger partial charge on any atom is -0.122 e. The molecular formula is C11H14S. The molecule has 0 saturated carbocycles. The van der Waals surface area contributed by atoms with Crippen LogP contribution in [0.4, 0.5) is 0 Å². The molecule has 0 N–H and O–H groups in total. The lowest BCUT2D eigenvalue weighted by molar-refractivity contribution is 1.38. The van der Waals surface area contributed by atoms with E-state index in [-0.39, 0.29) is 0 Å². The molecule has 1 aromatic carbocycles. The molecular weight excluding hydrogens is 164 g/mol. The highest BCUT2D eigenvalue weighted by molar-refractivity contribution is 7.99. The minimum atomic E-state index is 1.07. The maximum Gasteiger partial charge on any atom is 0.0160 e. The van der Waals surface area contributed by atoms with Gasteiger partial charge in [-0.2, -0.15) is 0 Å². The molecule has 1 rings (SSSR count). The zero-order valence-corrected chi connectivity index (χ0v) is 8.40. The maximum atomic E-state index is 2.17. The zero-order chi connectivity index (χ0) is 8.81. The van der Waals surface area contributed by atoms with E-state index in [2.05, 4.69) is 50.3 Å². The molecule has 0 saturated heterocycles. The van der Waals surface area contributed by atoms with Crippen molar-refractivity contribution in [2.45, 2.75) is 18.7 Å². The third kappa shape index (κ3) is 3.14. The molecule has 0 aliphatic carbocycles. The number of allylic oxidation sites excluding steroid dienone is 1. The van der Waals surface area contributed by atoms with Crippen LogP contribution in [0.3, 0.4) is 0 Å². The molecule has 0 spiro atoms. The Balaban J connectivity index is 2.47. The Morgan fingerprint density at radius 2 is 1.92 bits per heavy atom. The van der Waals surface area contributed by atoms with Crippen LogP contribution in [0.2, 0.25) is 0 Å². The van der Waals surface area contributed by atoms with Crippen molar-refractivity contribution in [1.29, 1.82) is 0 Å². The summed E-state index contributed by atoms with van der Waals surface area (Å²) < 4.78 is 0. The van der Waals surface area contributed by atoms with Gasteiger partial charge in [0.15, 0.2) is 0 Å². The Morgan fingerprint density at radius 1 is 1.25 bits per heavy atom. The number of benzene rings is 1. The van der Waals surface area contributed by atoms with Crippen molar-refractivity contribution in [3.05, 3.63) is 42.0 Å². The molecule has 0 aliphatic rings. The molecule has 0 unspecified atom stereocenters. The van der Waals surface area contributed by atoms with Gasteiger partial charge in [0.1, 0.15) is 0 Å². The van der Waals surface area contributed by atoms with E-state index in [4.69, 9.17) is 0 Å². The first-order chi connectivity index (χ1) is 5.83. The summed E-state index contributed by atoms with van der Waals surface area (Å²) >= 11 is 1.87. The third-order valence-electron chi connectivity index (χ3n) is 1.60. The average molecular weight is 178 g/mol. The lowest BCUT2D eigenvalue weighted by Crippen LogP contribution is -1.74. The van der Waals surface area contributed by atoms with Crippen molar-refractivity contribution in [2.24, 2.45) is 0 Å². The fourth-order valence-electron chi connectivity index (χ4n) is 0.875. The van der Waals surface area contributed by atoms with E-state index in [1.165, 1.54) is 10.5 Å². The molecule has 1 heteroatoms. The quantitative estimate of drug-likeness (QED) is 0.503. The number of rotatable bonds is 3. The van der Waals surface area contributed by atoms with Crippen LogP contribution in [0.15, 0.2) is 41.3 Å². The summed E-state index contributed by atoms with van der Waals surface area (Å²) in [4.78, 5) is 1.35. The van der Waals surface area contributed by atoms with Gasteiger partial charge >= 0.3 is 0 Å². The monoisotopic (exact) mass is 178 g/mol. The highest BCUT2D eigenvalue weighted by Crippen LogP contribution is 2.17. The van der Waals surface area contributed by atoms with E-state index in [1.54, 1.807) is 0 Å². The fraction of sp³-hybridized carbons (Fsp3) is 0.273. The fourth-order valence-corrected chi connectivity index (χ4v) is 1.68. The van der Waals surface area contributed by atoms with Crippen LogP contribution in [0.1, 0.15) is 12.5 Å². The predicted octanol–water partition coefficient (Wildman–Crippen LogP) is 3.66. The van der Waals surface area contributed by atoms with E-state index < -0.39 is 0 Å². The summed E-state index contributed by atoms with van der Waals surface area (Å²) in [6, 6.07) is 8.64. The number of hydrogen-bond donors (Lipinski definition) is 0. The van der Waals surface area contributed by atoms with E-state index in [1.807, 2.05) is 11.8 Å². The summed E-state index contributed by atoms with van der Waals surface area (Å²) in [6.07, 6.45) is 4.26. The second-order valence-corrected chi connectivity index (χ2v) is 3.79. The van der Waals surface area contributed by atoms with Crippen molar-refractivity contribution in [3.63, 3.8) is 0 Å². The largest absolute Gasteiger partial charge is 0.122 e. The Hall–Kier alpha value is -0.690. The van der Waals surface area contributed by atoms with E-state index in [0.29, 0.717) is 0 Å². The highest BCUT2D eigenvalue weighted by Gasteiger charge is 1.89. The molecule has 0 radical (unpaired) electrons. The van der Waals surface area contributed by atoms with Gasteiger partial charge in [0.2, 0.25) is 0 Å². The number of aryl methyl sites for hydroxylation is 1. The van der Waals surface area contributed by atoms with Gasteiger partial charge in [-0.3, -0.25) is 0 Å². The Labute approximate surface area is 78.7 Å². The van der Waals surface area contributed by atoms with Gasteiger partial charge in [-0.1, -0.05) is 29.8 Å². The van der Waals surface area contributed by atoms with Gasteiger partial charge in [-0.15, -0.1) is 11.8 Å². The molecule has 12 heavy (non-hydrogen) atoms. The first-order valence-electron chi connectivity index (χ1n) is 4.13. The van der Waals surface area contributed by atoms with Crippen molar-refractivity contribution < 1.29 is 0 Å². The maximum absolute atomic E-state index is 2.17. The molecule has 1 aromatic rings. The molecule has 0 fully saturated rings. The Kier molecular flexibility index (Phi) is 3.95. The second kappa shape index (κ2) is 5.04. The summed E-state index contributed by atoms with van der Waals surface area (Å²) in [7, 11) is 0. The van der Waals surface area contributed by atoms with Gasteiger partial charge < -0.3 is 0 Å². The first-order valence-corrected chi connectivity index (χ1v) is 5.12. The zero-order valence-electron chi connectivity index (χ0n) is 7.58. The van der Waals surface area contributed by atoms with Crippen LogP contribution in [0.5, 0.6) is 0 Å². The van der Waals surface area contributed by atoms with Crippen LogP contribution in [0.25, 0.3) is 0 Å². The minimum absolute atomic E-state index is 1.07. The summed E-state index contributed by atoms with van der Waals surface area (Å²) in [5.74, 6) is 1.07. The van der Waals surface area contributed by atoms with Gasteiger partial charge in [-0.25, -0.2) is 0 Å². The predicted molar refractivity (Wildman–Crippen MR) is 56.7 cm³/mol. The standard InChI is InChI=1S/C11H14S/c1-3-4-9-12-11-7-5-10(2)6-8-11/h3-8H,9H2,1-2H3. The topological polar surface area (TPSA) is 0 Å². The summed E-state index contributed by atoms with van der Waals surface area (Å²) in [5, 5.41) is 0. The lowest BCUT2D eigenvalue weighted by Gasteiger charge is -1.97. The molecule has 0 bridgehead atoms. The normalized spacial score (nSPS) is 10.8. The lowest BCUT2D eigenvalue weighted by atomic mass is 10.2. The average Bonchev–Trinajstić information content (AvgIpc) is 2.09. The van der Waals surface area contributed by atoms with E-state index in [9.17, 15) is 0 Å². The SMILES string of the molecule is CC=CCSc1ccc(C)cc1. The second-order valence-electron chi connectivity index (χ2n) is 2.69. The number of thioether (sulfide) groups is 1. The summed E-state index contributed by atoms with van der Waals surface area (Å²) in [5.41, 5.74) is 1.32. The Morgan fingerprint density at radius 3 is 2.50 bits per heavy atom. The van der Waals surface area contributed by atoms with Gasteiger partial charge in [0, 0.05) is 10.6 Å². The number of hydrogen-bond acceptors (Lipinski definition) is 1. The smallest absolute Gasteiger partial charge is 0.0160 e. The van der Waals surface area contributed by atoms with Crippen LogP contribution in [0, 0.1) is 6.92 Å². The van der Waals surface area contributed by atoms with Crippen LogP contribution < -0.4 is 0 Å². The molecule has 0 aromatic heterocycles. The van der Waals surface area contributed by atoms with Crippen LogP contribution >= 0.6 is 11.8 Å². The van der Waals surface area contributed by atoms with Crippen LogP contribution in [-0.4, -0.2) is 5.75 Å². The van der Waals surface area contributed by atoms with Crippen LogP contribution in [-0.2, 0) is 0 Å². The van der Waals surface area contributed by atoms with Crippen molar-refractivity contribution in [2.75, 3.05) is 5.75 Å². The van der Waals surface area contributed by atoms with Crippen molar-refractivity contribution in [1.82, 2.24) is 0 Å². The molecule has 0 aliphatic heterocycles. The van der Waals surface area contributed by atoms with Crippen molar-refractivity contribution in [3.8, 4) is 0 Å². The van der Waals surface area contributed by atoms with Gasteiger partial charge in [0.05, 0.1) is 0 Å².